The van der Waals surface area contributed by atoms with Gasteiger partial charge >= 0.3 is 18.0 Å². The summed E-state index contributed by atoms with van der Waals surface area (Å²) in [6.45, 7) is 17.7. The molecule has 0 aliphatic rings. The summed E-state index contributed by atoms with van der Waals surface area (Å²) >= 11 is 1.07. The van der Waals surface area contributed by atoms with E-state index in [1.54, 1.807) is 32.7 Å². The van der Waals surface area contributed by atoms with E-state index in [4.69, 9.17) is 9.47 Å². The van der Waals surface area contributed by atoms with Crippen molar-refractivity contribution in [1.82, 2.24) is 20.1 Å². The number of nitrogens with zero attached hydrogens (tertiary/aromatic N) is 3. The summed E-state index contributed by atoms with van der Waals surface area (Å²) in [6, 6.07) is -2.24. The van der Waals surface area contributed by atoms with Gasteiger partial charge in [0.1, 0.15) is 22.7 Å². The number of nitrogens with one attached hydrogen (secondary N) is 1. The number of aromatic nitrogens is 1. The van der Waals surface area contributed by atoms with E-state index in [-0.39, 0.29) is 35.8 Å². The third-order valence-electron chi connectivity index (χ3n) is 7.17. The van der Waals surface area contributed by atoms with Crippen molar-refractivity contribution < 1.29 is 38.6 Å². The Balaban J connectivity index is 3.33. The number of thiazole rings is 1. The van der Waals surface area contributed by atoms with Gasteiger partial charge in [-0.15, -0.1) is 11.3 Å². The molecule has 1 heterocycles. The lowest BCUT2D eigenvalue weighted by atomic mass is 9.92. The highest BCUT2D eigenvalue weighted by Crippen LogP contribution is 2.31. The molecule has 1 rings (SSSR count). The van der Waals surface area contributed by atoms with Crippen LogP contribution < -0.4 is 5.32 Å². The minimum Gasteiger partial charge on any atom is -0.476 e. The van der Waals surface area contributed by atoms with Crippen LogP contribution in [-0.2, 0) is 23.9 Å². The number of carbonyl (C=O) groups is 5. The minimum absolute atomic E-state index is 0.0964. The molecule has 0 aromatic carbocycles. The maximum absolute atomic E-state index is 14.0. The molecular formula is C30H50N4O8S. The lowest BCUT2D eigenvalue weighted by Crippen LogP contribution is -2.59. The highest BCUT2D eigenvalue weighted by molar-refractivity contribution is 7.09. The summed E-state index contributed by atoms with van der Waals surface area (Å²) in [6.07, 6.45) is -0.751. The molecule has 0 aliphatic carbocycles. The molecule has 0 radical (unpaired) electrons. The number of amides is 3. The fourth-order valence-corrected chi connectivity index (χ4v) is 5.54. The standard InChI is InChI=1S/C30H50N4O8S/c1-13-18(6)23(32-25(36)24(17(4)5)34(12)29(40)42-30(8,9)10)27(37)33(11)21(16(2)3)14-22(41-19(7)35)26-31-20(15-43-26)28(38)39/h15-18,21-24H,13-14H2,1-12H3,(H,32,36)(H,38,39)/t18-,21+,22+,23-,24-/m0/s1. The van der Waals surface area contributed by atoms with Crippen molar-refractivity contribution in [3.8, 4) is 0 Å². The number of hydrogen-bond donors (Lipinski definition) is 2. The maximum atomic E-state index is 14.0. The van der Waals surface area contributed by atoms with E-state index >= 15 is 0 Å². The smallest absolute Gasteiger partial charge is 0.410 e. The highest BCUT2D eigenvalue weighted by Gasteiger charge is 2.39. The fraction of sp³-hybridized carbons (Fsp3) is 0.733. The Hall–Kier alpha value is -3.22. The van der Waals surface area contributed by atoms with Crippen molar-refractivity contribution in [1.29, 1.82) is 0 Å². The normalized spacial score (nSPS) is 15.2. The highest BCUT2D eigenvalue weighted by atomic mass is 32.1. The SMILES string of the molecule is CC[C@H](C)[C@H](NC(=O)[C@H](C(C)C)N(C)C(=O)OC(C)(C)C)C(=O)N(C)[C@H](C[C@@H](OC(C)=O)c1nc(C(=O)O)cs1)C(C)C. The zero-order valence-electron chi connectivity index (χ0n) is 27.6. The largest absolute Gasteiger partial charge is 0.476 e. The molecule has 0 saturated heterocycles. The maximum Gasteiger partial charge on any atom is 0.410 e. The fourth-order valence-electron chi connectivity index (χ4n) is 4.71. The van der Waals surface area contributed by atoms with Gasteiger partial charge in [0.2, 0.25) is 11.8 Å². The molecule has 13 heteroatoms. The van der Waals surface area contributed by atoms with Gasteiger partial charge in [0.05, 0.1) is 0 Å². The van der Waals surface area contributed by atoms with E-state index in [1.165, 1.54) is 24.3 Å². The summed E-state index contributed by atoms with van der Waals surface area (Å²) < 4.78 is 11.0. The molecule has 1 aromatic heterocycles. The van der Waals surface area contributed by atoms with Crippen LogP contribution >= 0.6 is 11.3 Å². The molecule has 244 valence electrons. The number of aromatic carboxylic acids is 1. The van der Waals surface area contributed by atoms with E-state index in [0.29, 0.717) is 11.4 Å². The van der Waals surface area contributed by atoms with Crippen LogP contribution in [0.25, 0.3) is 0 Å². The van der Waals surface area contributed by atoms with Crippen LogP contribution in [0.15, 0.2) is 5.38 Å². The van der Waals surface area contributed by atoms with E-state index in [2.05, 4.69) is 10.3 Å². The van der Waals surface area contributed by atoms with Crippen LogP contribution in [0.2, 0.25) is 0 Å². The Kier molecular flexibility index (Phi) is 14.1. The molecule has 0 spiro atoms. The number of ether oxygens (including phenoxy) is 2. The molecule has 3 amide bonds. The summed E-state index contributed by atoms with van der Waals surface area (Å²) in [4.78, 5) is 70.8. The van der Waals surface area contributed by atoms with Crippen molar-refractivity contribution in [3.05, 3.63) is 16.1 Å². The number of rotatable bonds is 14. The van der Waals surface area contributed by atoms with Gasteiger partial charge in [-0.1, -0.05) is 48.0 Å². The zero-order valence-corrected chi connectivity index (χ0v) is 28.4. The van der Waals surface area contributed by atoms with E-state index in [9.17, 15) is 29.1 Å². The summed E-state index contributed by atoms with van der Waals surface area (Å²) in [5.74, 6) is -3.18. The first kappa shape index (κ1) is 37.8. The third-order valence-corrected chi connectivity index (χ3v) is 8.11. The van der Waals surface area contributed by atoms with E-state index < -0.39 is 53.8 Å². The van der Waals surface area contributed by atoms with Crippen molar-refractivity contribution >= 4 is 41.2 Å². The zero-order chi connectivity index (χ0) is 33.4. The quantitative estimate of drug-likeness (QED) is 0.279. The average Bonchev–Trinajstić information content (AvgIpc) is 3.37. The summed E-state index contributed by atoms with van der Waals surface area (Å²) in [7, 11) is 3.14. The Morgan fingerprint density at radius 1 is 1.02 bits per heavy atom. The van der Waals surface area contributed by atoms with Crippen LogP contribution in [0.4, 0.5) is 4.79 Å². The second kappa shape index (κ2) is 16.0. The first-order valence-corrected chi connectivity index (χ1v) is 15.5. The molecule has 0 unspecified atom stereocenters. The minimum atomic E-state index is -1.19. The van der Waals surface area contributed by atoms with Gasteiger partial charge in [-0.2, -0.15) is 0 Å². The topological polar surface area (TPSA) is 155 Å². The molecule has 1 aromatic rings. The van der Waals surface area contributed by atoms with Crippen LogP contribution in [0.3, 0.4) is 0 Å². The Morgan fingerprint density at radius 3 is 2.02 bits per heavy atom. The third kappa shape index (κ3) is 11.1. The van der Waals surface area contributed by atoms with Crippen LogP contribution in [0.1, 0.15) is 104 Å². The van der Waals surface area contributed by atoms with Crippen molar-refractivity contribution in [2.75, 3.05) is 14.1 Å². The molecular weight excluding hydrogens is 576 g/mol. The van der Waals surface area contributed by atoms with Crippen molar-refractivity contribution in [2.45, 2.75) is 112 Å². The molecule has 2 N–H and O–H groups in total. The van der Waals surface area contributed by atoms with Gasteiger partial charge in [-0.25, -0.2) is 14.6 Å². The lowest BCUT2D eigenvalue weighted by Gasteiger charge is -2.38. The van der Waals surface area contributed by atoms with E-state index in [0.717, 1.165) is 11.3 Å². The Morgan fingerprint density at radius 2 is 1.60 bits per heavy atom. The number of hydrogen-bond acceptors (Lipinski definition) is 9. The molecule has 0 bridgehead atoms. The van der Waals surface area contributed by atoms with Gasteiger partial charge in [0.25, 0.3) is 0 Å². The van der Waals surface area contributed by atoms with E-state index in [1.807, 2.05) is 41.5 Å². The summed E-state index contributed by atoms with van der Waals surface area (Å²) in [5, 5.41) is 13.9. The van der Waals surface area contributed by atoms with Gasteiger partial charge in [0, 0.05) is 38.9 Å². The molecule has 12 nitrogen and oxygen atoms in total. The van der Waals surface area contributed by atoms with Crippen LogP contribution in [0, 0.1) is 17.8 Å². The molecule has 5 atom stereocenters. The van der Waals surface area contributed by atoms with Gasteiger partial charge < -0.3 is 24.8 Å². The molecule has 43 heavy (non-hydrogen) atoms. The predicted octanol–water partition coefficient (Wildman–Crippen LogP) is 4.74. The second-order valence-electron chi connectivity index (χ2n) is 12.6. The van der Waals surface area contributed by atoms with Crippen LogP contribution in [-0.4, -0.2) is 87.6 Å². The van der Waals surface area contributed by atoms with Gasteiger partial charge in [0.15, 0.2) is 11.8 Å². The second-order valence-corrected chi connectivity index (χ2v) is 13.5. The predicted molar refractivity (Wildman–Crippen MR) is 164 cm³/mol. The monoisotopic (exact) mass is 626 g/mol. The molecule has 0 saturated carbocycles. The number of carboxylic acids is 1. The Bertz CT molecular complexity index is 1130. The number of esters is 1. The number of carbonyl (C=O) groups excluding carboxylic acids is 4. The lowest BCUT2D eigenvalue weighted by molar-refractivity contribution is -0.149. The molecule has 0 fully saturated rings. The molecule has 0 aliphatic heterocycles. The number of likely N-dealkylation sites (N-methyl/N-ethyl adjacent to an activating group) is 2. The van der Waals surface area contributed by atoms with Crippen molar-refractivity contribution in [3.63, 3.8) is 0 Å². The summed E-state index contributed by atoms with van der Waals surface area (Å²) in [5.41, 5.74) is -0.899. The van der Waals surface area contributed by atoms with Gasteiger partial charge in [-0.3, -0.25) is 19.3 Å². The first-order valence-electron chi connectivity index (χ1n) is 14.6. The average molecular weight is 627 g/mol. The Labute approximate surface area is 259 Å². The number of carboxylic acid groups (broad SMARTS) is 1. The first-order chi connectivity index (χ1) is 19.7. The van der Waals surface area contributed by atoms with Gasteiger partial charge in [-0.05, 0) is 38.5 Å². The van der Waals surface area contributed by atoms with Crippen molar-refractivity contribution in [2.24, 2.45) is 17.8 Å². The van der Waals surface area contributed by atoms with Crippen LogP contribution in [0.5, 0.6) is 0 Å².